The molecule has 2 aromatic carbocycles. The fourth-order valence-electron chi connectivity index (χ4n) is 4.17. The molecule has 3 aromatic rings. The van der Waals surface area contributed by atoms with Gasteiger partial charge < -0.3 is 10.1 Å². The molecule has 0 unspecified atom stereocenters. The zero-order chi connectivity index (χ0) is 22.3. The monoisotopic (exact) mass is 452 g/mol. The SMILES string of the molecule is COc1ccccc1CCNC(=O)[C@@H]1C[C@@H](n2cnnn2)CN1Cc1ccc(SC)cc1. The van der Waals surface area contributed by atoms with Gasteiger partial charge in [0.2, 0.25) is 5.91 Å². The number of benzene rings is 2. The van der Waals surface area contributed by atoms with E-state index < -0.39 is 0 Å². The number of amides is 1. The first-order chi connectivity index (χ1) is 15.7. The third-order valence-electron chi connectivity index (χ3n) is 5.85. The maximum atomic E-state index is 13.2. The second-order valence-electron chi connectivity index (χ2n) is 7.83. The summed E-state index contributed by atoms with van der Waals surface area (Å²) in [5.74, 6) is 0.882. The number of para-hydroxylation sites is 1. The highest BCUT2D eigenvalue weighted by atomic mass is 32.2. The van der Waals surface area contributed by atoms with Gasteiger partial charge in [0.05, 0.1) is 19.2 Å². The van der Waals surface area contributed by atoms with Crippen LogP contribution in [0.2, 0.25) is 0 Å². The molecular weight excluding hydrogens is 424 g/mol. The molecular formula is C23H28N6O2S. The normalized spacial score (nSPS) is 18.6. The molecule has 0 radical (unpaired) electrons. The second kappa shape index (κ2) is 10.6. The molecule has 1 saturated heterocycles. The molecule has 0 aliphatic carbocycles. The van der Waals surface area contributed by atoms with Crippen LogP contribution in [-0.2, 0) is 17.8 Å². The van der Waals surface area contributed by atoms with Crippen molar-refractivity contribution in [2.75, 3.05) is 26.5 Å². The average molecular weight is 453 g/mol. The summed E-state index contributed by atoms with van der Waals surface area (Å²) in [6, 6.07) is 16.2. The number of likely N-dealkylation sites (tertiary alicyclic amines) is 1. The van der Waals surface area contributed by atoms with E-state index >= 15 is 0 Å². The lowest BCUT2D eigenvalue weighted by Gasteiger charge is -2.23. The highest BCUT2D eigenvalue weighted by Crippen LogP contribution is 2.29. The first-order valence-corrected chi connectivity index (χ1v) is 11.9. The van der Waals surface area contributed by atoms with Gasteiger partial charge in [-0.15, -0.1) is 16.9 Å². The first-order valence-electron chi connectivity index (χ1n) is 10.7. The predicted molar refractivity (Wildman–Crippen MR) is 124 cm³/mol. The minimum absolute atomic E-state index is 0.0382. The molecule has 1 fully saturated rings. The van der Waals surface area contributed by atoms with Crippen molar-refractivity contribution in [3.8, 4) is 5.75 Å². The Kier molecular flexibility index (Phi) is 7.39. The van der Waals surface area contributed by atoms with E-state index in [1.54, 1.807) is 29.9 Å². The van der Waals surface area contributed by atoms with Crippen LogP contribution in [0, 0.1) is 0 Å². The number of ether oxygens (including phenoxy) is 1. The fourth-order valence-corrected chi connectivity index (χ4v) is 4.58. The Labute approximate surface area is 192 Å². The number of methoxy groups -OCH3 is 1. The average Bonchev–Trinajstić information content (AvgIpc) is 3.50. The van der Waals surface area contributed by atoms with E-state index in [1.807, 2.05) is 24.3 Å². The zero-order valence-corrected chi connectivity index (χ0v) is 19.2. The number of carbonyl (C=O) groups excluding carboxylic acids is 1. The van der Waals surface area contributed by atoms with Crippen molar-refractivity contribution in [1.82, 2.24) is 30.4 Å². The molecule has 1 aliphatic rings. The summed E-state index contributed by atoms with van der Waals surface area (Å²) in [7, 11) is 1.67. The van der Waals surface area contributed by atoms with Crippen molar-refractivity contribution < 1.29 is 9.53 Å². The van der Waals surface area contributed by atoms with Gasteiger partial charge in [-0.25, -0.2) is 4.68 Å². The van der Waals surface area contributed by atoms with Gasteiger partial charge in [-0.1, -0.05) is 30.3 Å². The first kappa shape index (κ1) is 22.3. The maximum Gasteiger partial charge on any atom is 0.237 e. The number of hydrogen-bond acceptors (Lipinski definition) is 7. The van der Waals surface area contributed by atoms with E-state index in [9.17, 15) is 4.79 Å². The molecule has 168 valence electrons. The van der Waals surface area contributed by atoms with Crippen LogP contribution in [-0.4, -0.2) is 63.5 Å². The van der Waals surface area contributed by atoms with E-state index in [4.69, 9.17) is 4.74 Å². The molecule has 2 heterocycles. The highest BCUT2D eigenvalue weighted by molar-refractivity contribution is 7.98. The van der Waals surface area contributed by atoms with E-state index in [2.05, 4.69) is 56.3 Å². The number of rotatable bonds is 9. The molecule has 9 heteroatoms. The minimum atomic E-state index is -0.234. The van der Waals surface area contributed by atoms with Crippen LogP contribution in [0.4, 0.5) is 0 Å². The van der Waals surface area contributed by atoms with Crippen LogP contribution in [0.5, 0.6) is 5.75 Å². The van der Waals surface area contributed by atoms with Crippen LogP contribution in [0.15, 0.2) is 59.8 Å². The quantitative estimate of drug-likeness (QED) is 0.500. The highest BCUT2D eigenvalue weighted by Gasteiger charge is 2.38. The van der Waals surface area contributed by atoms with Crippen LogP contribution < -0.4 is 10.1 Å². The standard InChI is InChI=1S/C23H28N6O2S/c1-31-22-6-4-3-5-18(22)11-12-24-23(30)21-13-19(29-16-25-26-27-29)15-28(21)14-17-7-9-20(32-2)10-8-17/h3-10,16,19,21H,11-15H2,1-2H3,(H,24,30)/t19-,21+/m1/s1. The van der Waals surface area contributed by atoms with Crippen molar-refractivity contribution in [2.45, 2.75) is 36.4 Å². The van der Waals surface area contributed by atoms with Gasteiger partial charge in [-0.3, -0.25) is 9.69 Å². The van der Waals surface area contributed by atoms with Crippen LogP contribution in [0.3, 0.4) is 0 Å². The number of hydrogen-bond donors (Lipinski definition) is 1. The van der Waals surface area contributed by atoms with Crippen LogP contribution in [0.1, 0.15) is 23.6 Å². The summed E-state index contributed by atoms with van der Waals surface area (Å²) in [6.45, 7) is 1.99. The van der Waals surface area contributed by atoms with Crippen LogP contribution in [0.25, 0.3) is 0 Å². The lowest BCUT2D eigenvalue weighted by Crippen LogP contribution is -2.43. The topological polar surface area (TPSA) is 85.2 Å². The van der Waals surface area contributed by atoms with Crippen molar-refractivity contribution in [2.24, 2.45) is 0 Å². The fraction of sp³-hybridized carbons (Fsp3) is 0.391. The van der Waals surface area contributed by atoms with E-state index in [0.29, 0.717) is 19.5 Å². The van der Waals surface area contributed by atoms with Crippen molar-refractivity contribution in [3.05, 3.63) is 66.0 Å². The van der Waals surface area contributed by atoms with E-state index in [1.165, 1.54) is 10.5 Å². The number of nitrogens with one attached hydrogen (secondary N) is 1. The minimum Gasteiger partial charge on any atom is -0.496 e. The third-order valence-corrected chi connectivity index (χ3v) is 6.60. The van der Waals surface area contributed by atoms with Gasteiger partial charge in [0.25, 0.3) is 0 Å². The Bertz CT molecular complexity index is 1010. The lowest BCUT2D eigenvalue weighted by atomic mass is 10.1. The molecule has 0 spiro atoms. The second-order valence-corrected chi connectivity index (χ2v) is 8.71. The van der Waals surface area contributed by atoms with Crippen molar-refractivity contribution in [1.29, 1.82) is 0 Å². The van der Waals surface area contributed by atoms with Gasteiger partial charge in [-0.05, 0) is 58.9 Å². The molecule has 1 amide bonds. The lowest BCUT2D eigenvalue weighted by molar-refractivity contribution is -0.125. The van der Waals surface area contributed by atoms with Gasteiger partial charge in [0, 0.05) is 24.5 Å². The maximum absolute atomic E-state index is 13.2. The summed E-state index contributed by atoms with van der Waals surface area (Å²) >= 11 is 1.72. The smallest absolute Gasteiger partial charge is 0.237 e. The summed E-state index contributed by atoms with van der Waals surface area (Å²) < 4.78 is 7.17. The zero-order valence-electron chi connectivity index (χ0n) is 18.3. The summed E-state index contributed by atoms with van der Waals surface area (Å²) in [5.41, 5.74) is 2.27. The summed E-state index contributed by atoms with van der Waals surface area (Å²) in [5, 5.41) is 14.7. The number of thioether (sulfide) groups is 1. The molecule has 2 atom stereocenters. The number of carbonyl (C=O) groups is 1. The predicted octanol–water partition coefficient (Wildman–Crippen LogP) is 2.58. The number of nitrogens with zero attached hydrogens (tertiary/aromatic N) is 5. The molecule has 32 heavy (non-hydrogen) atoms. The Morgan fingerprint density at radius 3 is 2.75 bits per heavy atom. The molecule has 1 aromatic heterocycles. The number of tetrazole rings is 1. The molecule has 1 aliphatic heterocycles. The van der Waals surface area contributed by atoms with E-state index in [0.717, 1.165) is 24.3 Å². The van der Waals surface area contributed by atoms with Gasteiger partial charge in [0.1, 0.15) is 12.1 Å². The third kappa shape index (κ3) is 5.28. The molecule has 0 bridgehead atoms. The van der Waals surface area contributed by atoms with Crippen molar-refractivity contribution >= 4 is 17.7 Å². The summed E-state index contributed by atoms with van der Waals surface area (Å²) in [4.78, 5) is 16.6. The summed E-state index contributed by atoms with van der Waals surface area (Å²) in [6.07, 6.45) is 5.08. The molecule has 8 nitrogen and oxygen atoms in total. The van der Waals surface area contributed by atoms with E-state index in [-0.39, 0.29) is 18.0 Å². The molecule has 1 N–H and O–H groups in total. The van der Waals surface area contributed by atoms with Gasteiger partial charge in [0.15, 0.2) is 0 Å². The largest absolute Gasteiger partial charge is 0.496 e. The Hall–Kier alpha value is -2.91. The van der Waals surface area contributed by atoms with Crippen LogP contribution >= 0.6 is 11.8 Å². The molecule has 0 saturated carbocycles. The Morgan fingerprint density at radius 2 is 2.03 bits per heavy atom. The van der Waals surface area contributed by atoms with Crippen molar-refractivity contribution in [3.63, 3.8) is 0 Å². The molecule has 4 rings (SSSR count). The number of aromatic nitrogens is 4. The Balaban J connectivity index is 1.42. The Morgan fingerprint density at radius 1 is 1.22 bits per heavy atom. The van der Waals surface area contributed by atoms with Gasteiger partial charge in [-0.2, -0.15) is 0 Å². The van der Waals surface area contributed by atoms with Gasteiger partial charge >= 0.3 is 0 Å².